The zero-order chi connectivity index (χ0) is 40.9. The summed E-state index contributed by atoms with van der Waals surface area (Å²) < 4.78 is 0. The van der Waals surface area contributed by atoms with Gasteiger partial charge in [-0.15, -0.1) is 0 Å². The summed E-state index contributed by atoms with van der Waals surface area (Å²) in [5.41, 5.74) is 14.9. The fourth-order valence-electron chi connectivity index (χ4n) is 9.12. The molecule has 7 aromatic carbocycles. The van der Waals surface area contributed by atoms with Gasteiger partial charge in [-0.25, -0.2) is 15.0 Å². The van der Waals surface area contributed by atoms with E-state index in [1.165, 1.54) is 43.2 Å². The highest BCUT2D eigenvalue weighted by molar-refractivity contribution is 7.99. The van der Waals surface area contributed by atoms with Gasteiger partial charge in [0.2, 0.25) is 0 Å². The van der Waals surface area contributed by atoms with Crippen LogP contribution in [0.2, 0.25) is 0 Å². The molecule has 4 nitrogen and oxygen atoms in total. The molecular formula is C56H38N4S. The van der Waals surface area contributed by atoms with Crippen LogP contribution in [0, 0.1) is 0 Å². The summed E-state index contributed by atoms with van der Waals surface area (Å²) in [5.74, 6) is 1.72. The Kier molecular flexibility index (Phi) is 8.98. The van der Waals surface area contributed by atoms with Crippen molar-refractivity contribution in [2.45, 2.75) is 22.1 Å². The molecule has 0 unspecified atom stereocenters. The average Bonchev–Trinajstić information content (AvgIpc) is 3.62. The maximum Gasteiger partial charge on any atom is 0.164 e. The van der Waals surface area contributed by atoms with E-state index in [0.29, 0.717) is 23.0 Å². The molecule has 1 aliphatic carbocycles. The van der Waals surface area contributed by atoms with E-state index in [1.54, 1.807) is 0 Å². The van der Waals surface area contributed by atoms with Crippen molar-refractivity contribution in [3.8, 4) is 56.2 Å². The summed E-state index contributed by atoms with van der Waals surface area (Å²) in [6, 6.07) is 61.0. The lowest BCUT2D eigenvalue weighted by atomic mass is 9.66. The van der Waals surface area contributed by atoms with Crippen LogP contribution < -0.4 is 0 Å². The van der Waals surface area contributed by atoms with E-state index in [9.17, 15) is 0 Å². The van der Waals surface area contributed by atoms with Crippen LogP contribution >= 0.6 is 11.8 Å². The molecule has 5 heteroatoms. The van der Waals surface area contributed by atoms with Gasteiger partial charge >= 0.3 is 0 Å². The molecule has 11 rings (SSSR count). The maximum atomic E-state index is 5.22. The SMILES string of the molecule is C=C(/C=C\C=C/C)c1nc(-c2ccc(-c3ccccc3)cc2)nc(-c2ccc3c(c2)C2(c4cc(-c5cccc6cccnc56)ccc4S3)c3ccccc3-c3ccccc32)n1. The molecule has 1 spiro atoms. The van der Waals surface area contributed by atoms with Gasteiger partial charge < -0.3 is 0 Å². The standard InChI is InChI=1S/C56H38N4S/c1-3-4-6-15-36(2)53-58-54(40-27-25-38(26-28-40)37-16-7-5-8-17-37)60-55(59-53)42-30-32-51-49(35-42)56(46-23-11-9-20-44(46)45-21-10-12-24-47(45)56)48-34-41(29-31-50(48)61-51)43-22-13-18-39-19-14-33-57-52(39)43/h3-35H,2H2,1H3/b4-3-,15-6-. The molecule has 2 aromatic heterocycles. The van der Waals surface area contributed by atoms with E-state index in [1.807, 2.05) is 61.3 Å². The number of fused-ring (bicyclic) bond motifs is 10. The Morgan fingerprint density at radius 1 is 0.508 bits per heavy atom. The second-order valence-corrected chi connectivity index (χ2v) is 16.5. The van der Waals surface area contributed by atoms with Crippen molar-refractivity contribution in [1.29, 1.82) is 0 Å². The number of allylic oxidation sites excluding steroid dienone is 5. The number of hydrogen-bond acceptors (Lipinski definition) is 5. The molecule has 0 saturated carbocycles. The van der Waals surface area contributed by atoms with Gasteiger partial charge in [-0.2, -0.15) is 0 Å². The van der Waals surface area contributed by atoms with E-state index in [4.69, 9.17) is 19.9 Å². The summed E-state index contributed by atoms with van der Waals surface area (Å²) in [6.07, 6.45) is 9.77. The van der Waals surface area contributed by atoms with Gasteiger partial charge in [-0.05, 0) is 87.3 Å². The van der Waals surface area contributed by atoms with Crippen molar-refractivity contribution >= 4 is 28.2 Å². The van der Waals surface area contributed by atoms with Gasteiger partial charge in [0.05, 0.1) is 10.9 Å². The highest BCUT2D eigenvalue weighted by Gasteiger charge is 2.50. The Hall–Kier alpha value is -7.47. The average molecular weight is 799 g/mol. The third kappa shape index (κ3) is 6.08. The summed E-state index contributed by atoms with van der Waals surface area (Å²) >= 11 is 1.82. The van der Waals surface area contributed by atoms with Crippen molar-refractivity contribution in [2.24, 2.45) is 0 Å². The van der Waals surface area contributed by atoms with Crippen LogP contribution in [0.25, 0.3) is 72.6 Å². The molecule has 9 aromatic rings. The molecule has 0 bridgehead atoms. The van der Waals surface area contributed by atoms with Gasteiger partial charge in [0.1, 0.15) is 0 Å². The van der Waals surface area contributed by atoms with E-state index >= 15 is 0 Å². The molecule has 1 aliphatic heterocycles. The number of benzene rings is 7. The zero-order valence-corrected chi connectivity index (χ0v) is 34.3. The fourth-order valence-corrected chi connectivity index (χ4v) is 10.3. The Morgan fingerprint density at radius 2 is 1.08 bits per heavy atom. The molecule has 0 atom stereocenters. The molecule has 288 valence electrons. The first-order valence-electron chi connectivity index (χ1n) is 20.5. The topological polar surface area (TPSA) is 51.6 Å². The number of aromatic nitrogens is 4. The van der Waals surface area contributed by atoms with Gasteiger partial charge in [0.15, 0.2) is 17.5 Å². The number of hydrogen-bond donors (Lipinski definition) is 0. The lowest BCUT2D eigenvalue weighted by molar-refractivity contribution is 0.723. The molecular weight excluding hydrogens is 761 g/mol. The van der Waals surface area contributed by atoms with Crippen LogP contribution in [0.3, 0.4) is 0 Å². The third-order valence-electron chi connectivity index (χ3n) is 11.9. The molecule has 0 saturated heterocycles. The van der Waals surface area contributed by atoms with E-state index < -0.39 is 5.41 Å². The summed E-state index contributed by atoms with van der Waals surface area (Å²) in [6.45, 7) is 6.39. The van der Waals surface area contributed by atoms with Crippen molar-refractivity contribution < 1.29 is 0 Å². The van der Waals surface area contributed by atoms with Crippen LogP contribution in [-0.2, 0) is 5.41 Å². The first kappa shape index (κ1) is 36.6. The second kappa shape index (κ2) is 15.0. The van der Waals surface area contributed by atoms with Gasteiger partial charge in [0, 0.05) is 43.6 Å². The molecule has 3 heterocycles. The molecule has 0 radical (unpaired) electrons. The minimum Gasteiger partial charge on any atom is -0.256 e. The quantitative estimate of drug-likeness (QED) is 0.150. The summed E-state index contributed by atoms with van der Waals surface area (Å²) in [4.78, 5) is 22.7. The van der Waals surface area contributed by atoms with E-state index in [0.717, 1.165) is 44.3 Å². The summed E-state index contributed by atoms with van der Waals surface area (Å²) in [7, 11) is 0. The van der Waals surface area contributed by atoms with E-state index in [2.05, 4.69) is 164 Å². The number of rotatable bonds is 7. The Morgan fingerprint density at radius 3 is 1.80 bits per heavy atom. The largest absolute Gasteiger partial charge is 0.256 e. The molecule has 0 fully saturated rings. The normalized spacial score (nSPS) is 13.3. The number of nitrogens with zero attached hydrogens (tertiary/aromatic N) is 4. The van der Waals surface area contributed by atoms with Crippen molar-refractivity contribution in [3.05, 3.63) is 235 Å². The van der Waals surface area contributed by atoms with Crippen molar-refractivity contribution in [3.63, 3.8) is 0 Å². The van der Waals surface area contributed by atoms with Gasteiger partial charge in [-0.3, -0.25) is 4.98 Å². The van der Waals surface area contributed by atoms with E-state index in [-0.39, 0.29) is 0 Å². The minimum absolute atomic E-state index is 0.532. The summed E-state index contributed by atoms with van der Waals surface area (Å²) in [5, 5.41) is 1.12. The fraction of sp³-hybridized carbons (Fsp3) is 0.0357. The number of pyridine rings is 1. The second-order valence-electron chi connectivity index (χ2n) is 15.4. The predicted molar refractivity (Wildman–Crippen MR) is 251 cm³/mol. The van der Waals surface area contributed by atoms with Crippen molar-refractivity contribution in [1.82, 2.24) is 19.9 Å². The molecule has 61 heavy (non-hydrogen) atoms. The van der Waals surface area contributed by atoms with Crippen LogP contribution in [0.4, 0.5) is 0 Å². The Balaban J connectivity index is 1.13. The minimum atomic E-state index is -0.613. The van der Waals surface area contributed by atoms with Crippen LogP contribution in [0.15, 0.2) is 217 Å². The van der Waals surface area contributed by atoms with Crippen LogP contribution in [-0.4, -0.2) is 19.9 Å². The lowest BCUT2D eigenvalue weighted by Crippen LogP contribution is -2.32. The maximum absolute atomic E-state index is 5.22. The first-order chi connectivity index (χ1) is 30.1. The molecule has 0 amide bonds. The zero-order valence-electron chi connectivity index (χ0n) is 33.5. The smallest absolute Gasteiger partial charge is 0.164 e. The monoisotopic (exact) mass is 798 g/mol. The Labute approximate surface area is 359 Å². The highest BCUT2D eigenvalue weighted by atomic mass is 32.2. The predicted octanol–water partition coefficient (Wildman–Crippen LogP) is 14.1. The van der Waals surface area contributed by atoms with Crippen molar-refractivity contribution in [2.75, 3.05) is 0 Å². The molecule has 2 aliphatic rings. The van der Waals surface area contributed by atoms with Gasteiger partial charge in [0.25, 0.3) is 0 Å². The lowest BCUT2D eigenvalue weighted by Gasteiger charge is -2.40. The third-order valence-corrected chi connectivity index (χ3v) is 13.1. The first-order valence-corrected chi connectivity index (χ1v) is 21.3. The highest BCUT2D eigenvalue weighted by Crippen LogP contribution is 2.62. The van der Waals surface area contributed by atoms with Crippen LogP contribution in [0.1, 0.15) is 35.0 Å². The van der Waals surface area contributed by atoms with Gasteiger partial charge in [-0.1, -0.05) is 182 Å². The Bertz CT molecular complexity index is 3200. The van der Waals surface area contributed by atoms with Crippen LogP contribution in [0.5, 0.6) is 0 Å². The number of para-hydroxylation sites is 1. The molecule has 0 N–H and O–H groups in total.